The Bertz CT molecular complexity index is 152. The molecule has 70 valence electrons. The maximum atomic E-state index is 3.24. The summed E-state index contributed by atoms with van der Waals surface area (Å²) in [5, 5.41) is 0. The zero-order chi connectivity index (χ0) is 9.40. The van der Waals surface area contributed by atoms with Gasteiger partial charge in [-0.1, -0.05) is 26.7 Å². The molecule has 12 heavy (non-hydrogen) atoms. The first kappa shape index (κ1) is 11.5. The minimum atomic E-state index is 0.426. The average Bonchev–Trinajstić information content (AvgIpc) is 2.10. The highest BCUT2D eigenvalue weighted by atomic mass is 15.1. The van der Waals surface area contributed by atoms with Gasteiger partial charge in [-0.3, -0.25) is 4.90 Å². The van der Waals surface area contributed by atoms with Gasteiger partial charge in [0.1, 0.15) is 0 Å². The molecule has 0 aromatic heterocycles. The third kappa shape index (κ3) is 4.41. The Hall–Kier alpha value is -0.480. The number of rotatable bonds is 4. The van der Waals surface area contributed by atoms with E-state index in [2.05, 4.69) is 44.4 Å². The van der Waals surface area contributed by atoms with Gasteiger partial charge in [-0.2, -0.15) is 0 Å². The summed E-state index contributed by atoms with van der Waals surface area (Å²) in [6.07, 6.45) is 2.18. The molecule has 1 nitrogen and oxygen atoms in total. The van der Waals surface area contributed by atoms with E-state index in [0.717, 1.165) is 19.5 Å². The molecular formula is C11H21N. The lowest BCUT2D eigenvalue weighted by Crippen LogP contribution is -2.32. The molecule has 1 unspecified atom stereocenters. The van der Waals surface area contributed by atoms with E-state index in [0.29, 0.717) is 6.04 Å². The van der Waals surface area contributed by atoms with Gasteiger partial charge in [-0.15, -0.1) is 5.92 Å². The van der Waals surface area contributed by atoms with Crippen LogP contribution in [0, 0.1) is 11.8 Å². The minimum Gasteiger partial charge on any atom is -0.290 e. The topological polar surface area (TPSA) is 3.24 Å². The fourth-order valence-electron chi connectivity index (χ4n) is 1.25. The summed E-state index contributed by atoms with van der Waals surface area (Å²) in [7, 11) is 0. The highest BCUT2D eigenvalue weighted by Crippen LogP contribution is 1.98. The van der Waals surface area contributed by atoms with Gasteiger partial charge < -0.3 is 0 Å². The Morgan fingerprint density at radius 1 is 1.25 bits per heavy atom. The van der Waals surface area contributed by atoms with Gasteiger partial charge in [0.15, 0.2) is 0 Å². The summed E-state index contributed by atoms with van der Waals surface area (Å²) >= 11 is 0. The third-order valence-corrected chi connectivity index (χ3v) is 1.95. The molecule has 0 saturated carbocycles. The van der Waals surface area contributed by atoms with Gasteiger partial charge in [0.25, 0.3) is 0 Å². The highest BCUT2D eigenvalue weighted by molar-refractivity contribution is 5.05. The lowest BCUT2D eigenvalue weighted by Gasteiger charge is -2.22. The van der Waals surface area contributed by atoms with E-state index >= 15 is 0 Å². The smallest absolute Gasteiger partial charge is 0.0685 e. The second kappa shape index (κ2) is 7.18. The van der Waals surface area contributed by atoms with Crippen molar-refractivity contribution in [1.29, 1.82) is 0 Å². The SMILES string of the molecule is CCC#CC(C)N(CC)CCC. The van der Waals surface area contributed by atoms with Crippen molar-refractivity contribution in [3.05, 3.63) is 0 Å². The van der Waals surface area contributed by atoms with E-state index in [1.54, 1.807) is 0 Å². The number of nitrogens with zero attached hydrogens (tertiary/aromatic N) is 1. The standard InChI is InChI=1S/C11H21N/c1-5-8-9-11(4)12(7-3)10-6-2/h11H,5-7,10H2,1-4H3. The summed E-state index contributed by atoms with van der Waals surface area (Å²) in [6, 6.07) is 0.426. The van der Waals surface area contributed by atoms with E-state index in [-0.39, 0.29) is 0 Å². The molecule has 0 amide bonds. The molecule has 0 N–H and O–H groups in total. The van der Waals surface area contributed by atoms with Gasteiger partial charge in [0.2, 0.25) is 0 Å². The molecule has 0 aromatic carbocycles. The molecule has 1 heteroatoms. The van der Waals surface area contributed by atoms with Crippen LogP contribution in [0.3, 0.4) is 0 Å². The molecule has 0 heterocycles. The van der Waals surface area contributed by atoms with Crippen LogP contribution >= 0.6 is 0 Å². The first-order valence-corrected chi connectivity index (χ1v) is 4.98. The molecule has 0 aromatic rings. The zero-order valence-corrected chi connectivity index (χ0v) is 8.85. The van der Waals surface area contributed by atoms with Crippen molar-refractivity contribution in [3.63, 3.8) is 0 Å². The van der Waals surface area contributed by atoms with Gasteiger partial charge in [0.05, 0.1) is 6.04 Å². The fourth-order valence-corrected chi connectivity index (χ4v) is 1.25. The van der Waals surface area contributed by atoms with Crippen LogP contribution in [0.1, 0.15) is 40.5 Å². The zero-order valence-electron chi connectivity index (χ0n) is 8.85. The second-order valence-electron chi connectivity index (χ2n) is 2.98. The van der Waals surface area contributed by atoms with Crippen molar-refractivity contribution in [2.24, 2.45) is 0 Å². The van der Waals surface area contributed by atoms with Crippen molar-refractivity contribution < 1.29 is 0 Å². The normalized spacial score (nSPS) is 12.4. The summed E-state index contributed by atoms with van der Waals surface area (Å²) in [5.74, 6) is 6.37. The van der Waals surface area contributed by atoms with Crippen LogP contribution in [0.2, 0.25) is 0 Å². The molecule has 0 spiro atoms. The molecule has 1 atom stereocenters. The molecule has 0 bridgehead atoms. The summed E-state index contributed by atoms with van der Waals surface area (Å²) in [4.78, 5) is 2.41. The van der Waals surface area contributed by atoms with E-state index in [4.69, 9.17) is 0 Å². The summed E-state index contributed by atoms with van der Waals surface area (Å²) < 4.78 is 0. The highest BCUT2D eigenvalue weighted by Gasteiger charge is 2.06. The van der Waals surface area contributed by atoms with Crippen LogP contribution in [-0.2, 0) is 0 Å². The lowest BCUT2D eigenvalue weighted by molar-refractivity contribution is 0.261. The largest absolute Gasteiger partial charge is 0.290 e. The predicted molar refractivity (Wildman–Crippen MR) is 55.1 cm³/mol. The first-order valence-electron chi connectivity index (χ1n) is 4.98. The van der Waals surface area contributed by atoms with Crippen LogP contribution in [0.5, 0.6) is 0 Å². The molecule has 0 fully saturated rings. The van der Waals surface area contributed by atoms with Gasteiger partial charge in [-0.25, -0.2) is 0 Å². The van der Waals surface area contributed by atoms with Crippen molar-refractivity contribution in [2.75, 3.05) is 13.1 Å². The molecule has 0 radical (unpaired) electrons. The van der Waals surface area contributed by atoms with Crippen molar-refractivity contribution in [2.45, 2.75) is 46.6 Å². The van der Waals surface area contributed by atoms with Gasteiger partial charge >= 0.3 is 0 Å². The number of hydrogen-bond acceptors (Lipinski definition) is 1. The minimum absolute atomic E-state index is 0.426. The number of hydrogen-bond donors (Lipinski definition) is 0. The van der Waals surface area contributed by atoms with E-state index in [9.17, 15) is 0 Å². The average molecular weight is 167 g/mol. The Morgan fingerprint density at radius 2 is 1.92 bits per heavy atom. The lowest BCUT2D eigenvalue weighted by atomic mass is 10.2. The Kier molecular flexibility index (Phi) is 6.90. The third-order valence-electron chi connectivity index (χ3n) is 1.95. The van der Waals surface area contributed by atoms with Crippen LogP contribution in [0.25, 0.3) is 0 Å². The maximum absolute atomic E-state index is 3.24. The summed E-state index contributed by atoms with van der Waals surface area (Å²) in [6.45, 7) is 10.9. The van der Waals surface area contributed by atoms with Crippen LogP contribution in [0.4, 0.5) is 0 Å². The van der Waals surface area contributed by atoms with Crippen LogP contribution in [0.15, 0.2) is 0 Å². The fraction of sp³-hybridized carbons (Fsp3) is 0.818. The Labute approximate surface area is 77.1 Å². The van der Waals surface area contributed by atoms with Crippen molar-refractivity contribution >= 4 is 0 Å². The maximum Gasteiger partial charge on any atom is 0.0685 e. The first-order chi connectivity index (χ1) is 5.76. The molecule has 0 saturated heterocycles. The molecule has 0 rings (SSSR count). The van der Waals surface area contributed by atoms with Crippen molar-refractivity contribution in [1.82, 2.24) is 4.90 Å². The van der Waals surface area contributed by atoms with Crippen LogP contribution in [-0.4, -0.2) is 24.0 Å². The van der Waals surface area contributed by atoms with E-state index < -0.39 is 0 Å². The van der Waals surface area contributed by atoms with Gasteiger partial charge in [-0.05, 0) is 26.4 Å². The Balaban J connectivity index is 3.92. The van der Waals surface area contributed by atoms with Gasteiger partial charge in [0, 0.05) is 6.42 Å². The summed E-state index contributed by atoms with van der Waals surface area (Å²) in [5.41, 5.74) is 0. The molecule has 0 aliphatic heterocycles. The predicted octanol–water partition coefficient (Wildman–Crippen LogP) is 2.52. The monoisotopic (exact) mass is 167 g/mol. The second-order valence-corrected chi connectivity index (χ2v) is 2.98. The van der Waals surface area contributed by atoms with E-state index in [1.165, 1.54) is 6.42 Å². The van der Waals surface area contributed by atoms with E-state index in [1.807, 2.05) is 0 Å². The van der Waals surface area contributed by atoms with Crippen LogP contribution < -0.4 is 0 Å². The quantitative estimate of drug-likeness (QED) is 0.582. The molecule has 0 aliphatic carbocycles. The Morgan fingerprint density at radius 3 is 2.33 bits per heavy atom. The molecular weight excluding hydrogens is 146 g/mol. The molecule has 0 aliphatic rings. The van der Waals surface area contributed by atoms with Crippen molar-refractivity contribution in [3.8, 4) is 11.8 Å².